The minimum absolute atomic E-state index is 0.486. The van der Waals surface area contributed by atoms with Crippen molar-refractivity contribution < 1.29 is 0 Å². The standard InChI is InChI=1S/C13H19N3/c1-9(2)15-7-10-8-16(3)12-6-4-5-11(14)13(10)12/h4-6,8-9,15H,7,14H2,1-3H3. The summed E-state index contributed by atoms with van der Waals surface area (Å²) in [5.74, 6) is 0. The van der Waals surface area contributed by atoms with Crippen molar-refractivity contribution in [2.24, 2.45) is 7.05 Å². The second-order valence-corrected chi connectivity index (χ2v) is 4.54. The molecule has 0 amide bonds. The van der Waals surface area contributed by atoms with E-state index in [9.17, 15) is 0 Å². The van der Waals surface area contributed by atoms with Gasteiger partial charge in [-0.25, -0.2) is 0 Å². The lowest BCUT2D eigenvalue weighted by atomic mass is 10.1. The zero-order valence-corrected chi connectivity index (χ0v) is 10.1. The predicted molar refractivity (Wildman–Crippen MR) is 69.3 cm³/mol. The van der Waals surface area contributed by atoms with Crippen LogP contribution in [0.3, 0.4) is 0 Å². The first-order valence-corrected chi connectivity index (χ1v) is 5.65. The molecule has 2 aromatic rings. The molecule has 0 saturated heterocycles. The topological polar surface area (TPSA) is 43.0 Å². The summed E-state index contributed by atoms with van der Waals surface area (Å²) >= 11 is 0. The molecule has 0 radical (unpaired) electrons. The Balaban J connectivity index is 2.45. The summed E-state index contributed by atoms with van der Waals surface area (Å²) < 4.78 is 2.13. The SMILES string of the molecule is CC(C)NCc1cn(C)c2cccc(N)c12. The van der Waals surface area contributed by atoms with Crippen molar-refractivity contribution >= 4 is 16.6 Å². The van der Waals surface area contributed by atoms with E-state index in [0.717, 1.165) is 12.2 Å². The minimum Gasteiger partial charge on any atom is -0.398 e. The Morgan fingerprint density at radius 2 is 2.12 bits per heavy atom. The van der Waals surface area contributed by atoms with Crippen molar-refractivity contribution in [2.45, 2.75) is 26.4 Å². The quantitative estimate of drug-likeness (QED) is 0.774. The summed E-state index contributed by atoms with van der Waals surface area (Å²) in [6.45, 7) is 5.16. The maximum atomic E-state index is 6.04. The lowest BCUT2D eigenvalue weighted by Gasteiger charge is -2.07. The van der Waals surface area contributed by atoms with Crippen LogP contribution in [0.2, 0.25) is 0 Å². The molecule has 0 saturated carbocycles. The van der Waals surface area contributed by atoms with Crippen molar-refractivity contribution in [1.29, 1.82) is 0 Å². The fourth-order valence-corrected chi connectivity index (χ4v) is 2.02. The molecule has 86 valence electrons. The van der Waals surface area contributed by atoms with E-state index in [1.54, 1.807) is 0 Å². The van der Waals surface area contributed by atoms with Crippen LogP contribution in [0.15, 0.2) is 24.4 Å². The number of fused-ring (bicyclic) bond motifs is 1. The van der Waals surface area contributed by atoms with Gasteiger partial charge in [0.05, 0.1) is 5.52 Å². The van der Waals surface area contributed by atoms with E-state index in [4.69, 9.17) is 5.73 Å². The molecule has 3 heteroatoms. The molecule has 0 fully saturated rings. The van der Waals surface area contributed by atoms with E-state index in [2.05, 4.69) is 43.0 Å². The van der Waals surface area contributed by atoms with Crippen molar-refractivity contribution in [1.82, 2.24) is 9.88 Å². The Kier molecular flexibility index (Phi) is 2.88. The van der Waals surface area contributed by atoms with Crippen LogP contribution >= 0.6 is 0 Å². The summed E-state index contributed by atoms with van der Waals surface area (Å²) in [4.78, 5) is 0. The second-order valence-electron chi connectivity index (χ2n) is 4.54. The maximum absolute atomic E-state index is 6.04. The summed E-state index contributed by atoms with van der Waals surface area (Å²) in [5, 5.41) is 4.60. The van der Waals surface area contributed by atoms with Gasteiger partial charge < -0.3 is 15.6 Å². The molecule has 0 aliphatic heterocycles. The highest BCUT2D eigenvalue weighted by Gasteiger charge is 2.08. The van der Waals surface area contributed by atoms with Crippen LogP contribution in [0.25, 0.3) is 10.9 Å². The number of rotatable bonds is 3. The van der Waals surface area contributed by atoms with Crippen LogP contribution in [-0.2, 0) is 13.6 Å². The van der Waals surface area contributed by atoms with Crippen molar-refractivity contribution in [3.8, 4) is 0 Å². The Morgan fingerprint density at radius 3 is 2.81 bits per heavy atom. The van der Waals surface area contributed by atoms with Crippen LogP contribution in [0, 0.1) is 0 Å². The summed E-state index contributed by atoms with van der Waals surface area (Å²) in [7, 11) is 2.06. The number of nitrogens with two attached hydrogens (primary N) is 1. The fraction of sp³-hybridized carbons (Fsp3) is 0.385. The number of benzene rings is 1. The smallest absolute Gasteiger partial charge is 0.0501 e. The highest BCUT2D eigenvalue weighted by atomic mass is 14.9. The lowest BCUT2D eigenvalue weighted by Crippen LogP contribution is -2.21. The van der Waals surface area contributed by atoms with Gasteiger partial charge in [0.1, 0.15) is 0 Å². The molecule has 16 heavy (non-hydrogen) atoms. The normalized spacial score (nSPS) is 11.5. The molecule has 3 N–H and O–H groups in total. The first kappa shape index (κ1) is 11.0. The summed E-state index contributed by atoms with van der Waals surface area (Å²) in [6, 6.07) is 6.54. The molecule has 1 aromatic carbocycles. The number of nitrogens with one attached hydrogen (secondary N) is 1. The summed E-state index contributed by atoms with van der Waals surface area (Å²) in [6.07, 6.45) is 2.15. The van der Waals surface area contributed by atoms with E-state index in [0.29, 0.717) is 6.04 Å². The molecule has 3 nitrogen and oxygen atoms in total. The molecule has 1 heterocycles. The van der Waals surface area contributed by atoms with Crippen molar-refractivity contribution in [3.05, 3.63) is 30.0 Å². The van der Waals surface area contributed by atoms with Gasteiger partial charge in [0, 0.05) is 36.9 Å². The van der Waals surface area contributed by atoms with Gasteiger partial charge >= 0.3 is 0 Å². The van der Waals surface area contributed by atoms with E-state index >= 15 is 0 Å². The molecule has 0 unspecified atom stereocenters. The van der Waals surface area contributed by atoms with Gasteiger partial charge in [0.2, 0.25) is 0 Å². The van der Waals surface area contributed by atoms with E-state index in [1.807, 2.05) is 12.1 Å². The number of nitrogens with zero attached hydrogens (tertiary/aromatic N) is 1. The maximum Gasteiger partial charge on any atom is 0.0501 e. The Bertz CT molecular complexity index is 497. The van der Waals surface area contributed by atoms with Gasteiger partial charge in [-0.1, -0.05) is 19.9 Å². The monoisotopic (exact) mass is 217 g/mol. The number of aromatic nitrogens is 1. The molecular weight excluding hydrogens is 198 g/mol. The average molecular weight is 217 g/mol. The first-order valence-electron chi connectivity index (χ1n) is 5.65. The third-order valence-corrected chi connectivity index (χ3v) is 2.83. The Labute approximate surface area is 96.2 Å². The van der Waals surface area contributed by atoms with Crippen LogP contribution in [0.4, 0.5) is 5.69 Å². The largest absolute Gasteiger partial charge is 0.398 e. The number of nitrogen functional groups attached to an aromatic ring is 1. The van der Waals surface area contributed by atoms with E-state index < -0.39 is 0 Å². The molecule has 1 aromatic heterocycles. The zero-order valence-electron chi connectivity index (χ0n) is 10.1. The van der Waals surface area contributed by atoms with Gasteiger partial charge in [-0.2, -0.15) is 0 Å². The highest BCUT2D eigenvalue weighted by Crippen LogP contribution is 2.26. The summed E-state index contributed by atoms with van der Waals surface area (Å²) in [5.41, 5.74) is 9.36. The average Bonchev–Trinajstić information content (AvgIpc) is 2.55. The Hall–Kier alpha value is -1.48. The molecule has 2 rings (SSSR count). The molecular formula is C13H19N3. The molecule has 0 aliphatic carbocycles. The fourth-order valence-electron chi connectivity index (χ4n) is 2.02. The van der Waals surface area contributed by atoms with Crippen LogP contribution in [0.1, 0.15) is 19.4 Å². The van der Waals surface area contributed by atoms with E-state index in [1.165, 1.54) is 16.5 Å². The minimum atomic E-state index is 0.486. The van der Waals surface area contributed by atoms with Crippen LogP contribution in [-0.4, -0.2) is 10.6 Å². The van der Waals surface area contributed by atoms with Gasteiger partial charge in [-0.3, -0.25) is 0 Å². The Morgan fingerprint density at radius 1 is 1.38 bits per heavy atom. The van der Waals surface area contributed by atoms with Gasteiger partial charge in [-0.05, 0) is 17.7 Å². The molecule has 0 spiro atoms. The lowest BCUT2D eigenvalue weighted by molar-refractivity contribution is 0.590. The van der Waals surface area contributed by atoms with Gasteiger partial charge in [0.15, 0.2) is 0 Å². The van der Waals surface area contributed by atoms with Gasteiger partial charge in [-0.15, -0.1) is 0 Å². The molecule has 0 aliphatic rings. The van der Waals surface area contributed by atoms with E-state index in [-0.39, 0.29) is 0 Å². The number of anilines is 1. The third-order valence-electron chi connectivity index (χ3n) is 2.83. The molecule has 0 bridgehead atoms. The van der Waals surface area contributed by atoms with Crippen molar-refractivity contribution in [3.63, 3.8) is 0 Å². The highest BCUT2D eigenvalue weighted by molar-refractivity contribution is 5.94. The third kappa shape index (κ3) is 1.91. The number of hydrogen-bond donors (Lipinski definition) is 2. The van der Waals surface area contributed by atoms with Gasteiger partial charge in [0.25, 0.3) is 0 Å². The number of aryl methyl sites for hydroxylation is 1. The predicted octanol–water partition coefficient (Wildman–Crippen LogP) is 2.26. The van der Waals surface area contributed by atoms with Crippen molar-refractivity contribution in [2.75, 3.05) is 5.73 Å². The first-order chi connectivity index (χ1) is 7.59. The molecule has 0 atom stereocenters. The number of hydrogen-bond acceptors (Lipinski definition) is 2. The second kappa shape index (κ2) is 4.18. The van der Waals surface area contributed by atoms with Crippen LogP contribution < -0.4 is 11.1 Å². The zero-order chi connectivity index (χ0) is 11.7. The van der Waals surface area contributed by atoms with Crippen LogP contribution in [0.5, 0.6) is 0 Å².